The van der Waals surface area contributed by atoms with Crippen LogP contribution in [0.2, 0.25) is 0 Å². The van der Waals surface area contributed by atoms with E-state index >= 15 is 0 Å². The van der Waals surface area contributed by atoms with Crippen LogP contribution in [-0.4, -0.2) is 19.1 Å². The maximum atomic E-state index is 12.8. The molecular formula is C20H20F3NO3. The Morgan fingerprint density at radius 2 is 1.63 bits per heavy atom. The molecule has 2 aromatic rings. The third-order valence-corrected chi connectivity index (χ3v) is 4.39. The minimum atomic E-state index is -4.39. The summed E-state index contributed by atoms with van der Waals surface area (Å²) in [7, 11) is 0. The summed E-state index contributed by atoms with van der Waals surface area (Å²) in [5.41, 5.74) is 1.31. The molecule has 0 bridgehead atoms. The van der Waals surface area contributed by atoms with Gasteiger partial charge in [-0.1, -0.05) is 12.1 Å². The lowest BCUT2D eigenvalue weighted by Gasteiger charge is -2.27. The highest BCUT2D eigenvalue weighted by Crippen LogP contribution is 2.43. The Morgan fingerprint density at radius 3 is 2.19 bits per heavy atom. The number of fused-ring (bicyclic) bond motifs is 1. The van der Waals surface area contributed by atoms with Crippen molar-refractivity contribution in [2.45, 2.75) is 32.4 Å². The molecule has 1 unspecified atom stereocenters. The van der Waals surface area contributed by atoms with E-state index in [1.165, 1.54) is 12.1 Å². The average molecular weight is 379 g/mol. The fraction of sp³-hybridized carbons (Fsp3) is 0.350. The lowest BCUT2D eigenvalue weighted by molar-refractivity contribution is -0.137. The largest absolute Gasteiger partial charge is 0.490 e. The first-order valence-electron chi connectivity index (χ1n) is 8.74. The van der Waals surface area contributed by atoms with E-state index < -0.39 is 11.7 Å². The van der Waals surface area contributed by atoms with E-state index in [4.69, 9.17) is 9.47 Å². The first-order chi connectivity index (χ1) is 12.8. The van der Waals surface area contributed by atoms with Crippen LogP contribution in [0.1, 0.15) is 42.9 Å². The Labute approximate surface area is 155 Å². The van der Waals surface area contributed by atoms with Crippen LogP contribution in [0.3, 0.4) is 0 Å². The van der Waals surface area contributed by atoms with Crippen LogP contribution in [-0.2, 0) is 11.0 Å². The highest BCUT2D eigenvalue weighted by atomic mass is 19.4. The van der Waals surface area contributed by atoms with Gasteiger partial charge in [0.05, 0.1) is 18.8 Å². The third-order valence-electron chi connectivity index (χ3n) is 4.39. The maximum Gasteiger partial charge on any atom is 0.416 e. The van der Waals surface area contributed by atoms with Crippen LogP contribution in [0, 0.1) is 0 Å². The van der Waals surface area contributed by atoms with Gasteiger partial charge < -0.3 is 14.8 Å². The van der Waals surface area contributed by atoms with Crippen LogP contribution in [0.15, 0.2) is 36.4 Å². The molecule has 1 heterocycles. The van der Waals surface area contributed by atoms with Crippen LogP contribution < -0.4 is 14.8 Å². The predicted octanol–water partition coefficient (Wildman–Crippen LogP) is 4.98. The molecule has 0 fully saturated rings. The van der Waals surface area contributed by atoms with E-state index in [2.05, 4.69) is 5.32 Å². The van der Waals surface area contributed by atoms with Crippen molar-refractivity contribution in [3.05, 3.63) is 53.1 Å². The Kier molecular flexibility index (Phi) is 5.30. The van der Waals surface area contributed by atoms with Gasteiger partial charge in [0, 0.05) is 24.1 Å². The number of ether oxygens (including phenoxy) is 2. The van der Waals surface area contributed by atoms with E-state index in [0.29, 0.717) is 36.0 Å². The number of halogens is 3. The van der Waals surface area contributed by atoms with Gasteiger partial charge in [-0.15, -0.1) is 0 Å². The second-order valence-corrected chi connectivity index (χ2v) is 6.18. The summed E-state index contributed by atoms with van der Waals surface area (Å²) < 4.78 is 49.7. The normalized spacial score (nSPS) is 16.5. The molecule has 27 heavy (non-hydrogen) atoms. The molecule has 2 aromatic carbocycles. The number of carbonyl (C=O) groups excluding carboxylic acids is 1. The molecule has 0 aromatic heterocycles. The van der Waals surface area contributed by atoms with Crippen LogP contribution in [0.25, 0.3) is 0 Å². The molecule has 0 spiro atoms. The number of rotatable bonds is 5. The van der Waals surface area contributed by atoms with Gasteiger partial charge in [-0.05, 0) is 43.2 Å². The number of alkyl halides is 3. The Bertz CT molecular complexity index is 832. The summed E-state index contributed by atoms with van der Waals surface area (Å²) in [5.74, 6) is 0.516. The number of anilines is 1. The van der Waals surface area contributed by atoms with Crippen LogP contribution in [0.4, 0.5) is 18.9 Å². The van der Waals surface area contributed by atoms with Crippen molar-refractivity contribution in [2.24, 2.45) is 0 Å². The zero-order valence-corrected chi connectivity index (χ0v) is 15.0. The molecule has 1 aliphatic rings. The summed E-state index contributed by atoms with van der Waals surface area (Å²) in [6.07, 6.45) is -4.24. The van der Waals surface area contributed by atoms with Crippen LogP contribution >= 0.6 is 0 Å². The van der Waals surface area contributed by atoms with Gasteiger partial charge in [-0.3, -0.25) is 4.79 Å². The zero-order valence-electron chi connectivity index (χ0n) is 15.0. The lowest BCUT2D eigenvalue weighted by Crippen LogP contribution is -2.24. The monoisotopic (exact) mass is 379 g/mol. The molecule has 1 atom stereocenters. The topological polar surface area (TPSA) is 47.6 Å². The first kappa shape index (κ1) is 19.1. The van der Waals surface area contributed by atoms with E-state index in [-0.39, 0.29) is 18.2 Å². The molecule has 4 nitrogen and oxygen atoms in total. The van der Waals surface area contributed by atoms with Crippen molar-refractivity contribution in [2.75, 3.05) is 18.5 Å². The number of amides is 1. The molecule has 3 rings (SSSR count). The van der Waals surface area contributed by atoms with Crippen molar-refractivity contribution in [1.82, 2.24) is 0 Å². The second-order valence-electron chi connectivity index (χ2n) is 6.18. The summed E-state index contributed by atoms with van der Waals surface area (Å²) in [6.45, 7) is 4.58. The number of hydrogen-bond donors (Lipinski definition) is 1. The molecular weight excluding hydrogens is 359 g/mol. The highest BCUT2D eigenvalue weighted by molar-refractivity contribution is 5.96. The second kappa shape index (κ2) is 7.50. The molecule has 1 amide bonds. The predicted molar refractivity (Wildman–Crippen MR) is 95.3 cm³/mol. The van der Waals surface area contributed by atoms with E-state index in [0.717, 1.165) is 17.7 Å². The Balaban J connectivity index is 2.04. The Morgan fingerprint density at radius 1 is 1.04 bits per heavy atom. The molecule has 7 heteroatoms. The smallest absolute Gasteiger partial charge is 0.416 e. The summed E-state index contributed by atoms with van der Waals surface area (Å²) in [4.78, 5) is 12.2. The minimum Gasteiger partial charge on any atom is -0.490 e. The van der Waals surface area contributed by atoms with Gasteiger partial charge in [0.15, 0.2) is 11.5 Å². The molecule has 0 radical (unpaired) electrons. The van der Waals surface area contributed by atoms with E-state index in [1.807, 2.05) is 13.8 Å². The Hall–Kier alpha value is -2.70. The van der Waals surface area contributed by atoms with Gasteiger partial charge in [0.1, 0.15) is 0 Å². The van der Waals surface area contributed by atoms with Gasteiger partial charge >= 0.3 is 6.18 Å². The fourth-order valence-corrected chi connectivity index (χ4v) is 3.21. The average Bonchev–Trinajstić information content (AvgIpc) is 2.61. The molecule has 1 N–H and O–H groups in total. The molecule has 1 aliphatic heterocycles. The van der Waals surface area contributed by atoms with Gasteiger partial charge in [-0.25, -0.2) is 0 Å². The molecule has 0 saturated carbocycles. The summed E-state index contributed by atoms with van der Waals surface area (Å²) >= 11 is 0. The van der Waals surface area contributed by atoms with Gasteiger partial charge in [-0.2, -0.15) is 13.2 Å². The van der Waals surface area contributed by atoms with Crippen LogP contribution in [0.5, 0.6) is 11.5 Å². The standard InChI is InChI=1S/C20H20F3NO3/c1-3-26-17-9-15-14(12-5-7-13(8-6-12)20(21,22)23)10-19(25)24-16(15)11-18(17)27-4-2/h5-9,11,14H,3-4,10H2,1-2H3,(H,24,25). The van der Waals surface area contributed by atoms with Crippen molar-refractivity contribution in [1.29, 1.82) is 0 Å². The SMILES string of the molecule is CCOc1cc2c(cc1OCC)C(c1ccc(C(F)(F)F)cc1)CC(=O)N2. The number of hydrogen-bond acceptors (Lipinski definition) is 3. The minimum absolute atomic E-state index is 0.151. The fourth-order valence-electron chi connectivity index (χ4n) is 3.21. The number of benzene rings is 2. The molecule has 0 saturated heterocycles. The van der Waals surface area contributed by atoms with Gasteiger partial charge in [0.2, 0.25) is 5.91 Å². The number of nitrogens with one attached hydrogen (secondary N) is 1. The highest BCUT2D eigenvalue weighted by Gasteiger charge is 2.32. The molecule has 0 aliphatic carbocycles. The maximum absolute atomic E-state index is 12.8. The molecule has 144 valence electrons. The first-order valence-corrected chi connectivity index (χ1v) is 8.74. The third kappa shape index (κ3) is 4.02. The number of carbonyl (C=O) groups is 1. The van der Waals surface area contributed by atoms with E-state index in [1.54, 1.807) is 12.1 Å². The lowest BCUT2D eigenvalue weighted by atomic mass is 9.84. The van der Waals surface area contributed by atoms with Crippen molar-refractivity contribution >= 4 is 11.6 Å². The van der Waals surface area contributed by atoms with E-state index in [9.17, 15) is 18.0 Å². The van der Waals surface area contributed by atoms with Crippen molar-refractivity contribution in [3.63, 3.8) is 0 Å². The summed E-state index contributed by atoms with van der Waals surface area (Å²) in [5, 5.41) is 2.81. The quantitative estimate of drug-likeness (QED) is 0.797. The zero-order chi connectivity index (χ0) is 19.6. The van der Waals surface area contributed by atoms with Gasteiger partial charge in [0.25, 0.3) is 0 Å². The summed E-state index contributed by atoms with van der Waals surface area (Å²) in [6, 6.07) is 8.43. The van der Waals surface area contributed by atoms with Crippen molar-refractivity contribution < 1.29 is 27.4 Å². The van der Waals surface area contributed by atoms with Crippen molar-refractivity contribution in [3.8, 4) is 11.5 Å².